The average Bonchev–Trinajstić information content (AvgIpc) is 2.56. The van der Waals surface area contributed by atoms with Crippen molar-refractivity contribution in [3.63, 3.8) is 0 Å². The second-order valence-electron chi connectivity index (χ2n) is 4.87. The largest absolute Gasteiger partial charge is 0.455 e. The molecule has 0 atom stereocenters. The van der Waals surface area contributed by atoms with Gasteiger partial charge in [-0.3, -0.25) is 10.1 Å². The van der Waals surface area contributed by atoms with Gasteiger partial charge in [0.15, 0.2) is 5.75 Å². The molecule has 120 valence electrons. The van der Waals surface area contributed by atoms with Gasteiger partial charge in [-0.05, 0) is 24.3 Å². The maximum atomic E-state index is 11.8. The summed E-state index contributed by atoms with van der Waals surface area (Å²) in [7, 11) is 3.21. The van der Waals surface area contributed by atoms with Gasteiger partial charge in [-0.1, -0.05) is 30.3 Å². The van der Waals surface area contributed by atoms with Gasteiger partial charge in [0.05, 0.1) is 12.2 Å². The summed E-state index contributed by atoms with van der Waals surface area (Å²) in [4.78, 5) is 24.7. The molecule has 6 heteroatoms. The maximum Gasteiger partial charge on any atom is 0.321 e. The molecular weight excluding hydrogens is 294 g/mol. The van der Waals surface area contributed by atoms with E-state index in [2.05, 4.69) is 10.6 Å². The molecule has 0 aliphatic rings. The Hall–Kier alpha value is -3.02. The van der Waals surface area contributed by atoms with Gasteiger partial charge in [0.25, 0.3) is 0 Å². The lowest BCUT2D eigenvalue weighted by Crippen LogP contribution is -2.42. The second-order valence-corrected chi connectivity index (χ2v) is 4.87. The minimum atomic E-state index is -0.530. The Morgan fingerprint density at radius 1 is 1.04 bits per heavy atom. The topological polar surface area (TPSA) is 70.7 Å². The fourth-order valence-electron chi connectivity index (χ4n) is 2.00. The summed E-state index contributed by atoms with van der Waals surface area (Å²) in [5.41, 5.74) is 0.753. The monoisotopic (exact) mass is 313 g/mol. The van der Waals surface area contributed by atoms with E-state index in [1.165, 1.54) is 7.05 Å². The minimum absolute atomic E-state index is 0.0303. The van der Waals surface area contributed by atoms with E-state index < -0.39 is 11.9 Å². The van der Waals surface area contributed by atoms with E-state index in [4.69, 9.17) is 4.74 Å². The summed E-state index contributed by atoms with van der Waals surface area (Å²) >= 11 is 0. The molecule has 0 aromatic heterocycles. The van der Waals surface area contributed by atoms with Crippen LogP contribution in [0, 0.1) is 0 Å². The molecule has 0 aliphatic heterocycles. The van der Waals surface area contributed by atoms with Gasteiger partial charge in [0, 0.05) is 14.1 Å². The first-order chi connectivity index (χ1) is 11.1. The molecule has 6 nitrogen and oxygen atoms in total. The van der Waals surface area contributed by atoms with Crippen LogP contribution in [-0.4, -0.2) is 32.6 Å². The molecule has 2 aromatic carbocycles. The number of ether oxygens (including phenoxy) is 1. The Labute approximate surface area is 135 Å². The van der Waals surface area contributed by atoms with Gasteiger partial charge in [-0.25, -0.2) is 4.79 Å². The second kappa shape index (κ2) is 7.84. The SMILES string of the molecule is CNC(=O)NC(=O)CN(C)c1ccccc1Oc1ccccc1. The van der Waals surface area contributed by atoms with Crippen molar-refractivity contribution >= 4 is 17.6 Å². The van der Waals surface area contributed by atoms with Crippen LogP contribution in [0.5, 0.6) is 11.5 Å². The van der Waals surface area contributed by atoms with Crippen molar-refractivity contribution in [2.45, 2.75) is 0 Å². The zero-order valence-electron chi connectivity index (χ0n) is 13.1. The molecule has 23 heavy (non-hydrogen) atoms. The number of benzene rings is 2. The van der Waals surface area contributed by atoms with Crippen molar-refractivity contribution < 1.29 is 14.3 Å². The molecule has 0 saturated heterocycles. The summed E-state index contributed by atoms with van der Waals surface area (Å²) in [6.45, 7) is 0.0303. The fourth-order valence-corrected chi connectivity index (χ4v) is 2.00. The Bertz CT molecular complexity index is 674. The van der Waals surface area contributed by atoms with E-state index in [0.717, 1.165) is 5.69 Å². The first-order valence-electron chi connectivity index (χ1n) is 7.15. The van der Waals surface area contributed by atoms with Crippen LogP contribution in [0.2, 0.25) is 0 Å². The maximum absolute atomic E-state index is 11.8. The van der Waals surface area contributed by atoms with Gasteiger partial charge in [-0.15, -0.1) is 0 Å². The van der Waals surface area contributed by atoms with Gasteiger partial charge in [0.2, 0.25) is 5.91 Å². The standard InChI is InChI=1S/C17H19N3O3/c1-18-17(22)19-16(21)12-20(2)14-10-6-7-11-15(14)23-13-8-4-3-5-9-13/h3-11H,12H2,1-2H3,(H2,18,19,21,22). The zero-order valence-corrected chi connectivity index (χ0v) is 13.1. The normalized spacial score (nSPS) is 9.83. The molecule has 0 spiro atoms. The fraction of sp³-hybridized carbons (Fsp3) is 0.176. The molecule has 0 unspecified atom stereocenters. The van der Waals surface area contributed by atoms with E-state index in [-0.39, 0.29) is 6.54 Å². The molecule has 0 radical (unpaired) electrons. The molecule has 3 amide bonds. The van der Waals surface area contributed by atoms with Crippen molar-refractivity contribution in [2.24, 2.45) is 0 Å². The average molecular weight is 313 g/mol. The lowest BCUT2D eigenvalue weighted by molar-refractivity contribution is -0.118. The molecule has 0 saturated carbocycles. The summed E-state index contributed by atoms with van der Waals surface area (Å²) < 4.78 is 5.86. The Morgan fingerprint density at radius 3 is 2.39 bits per heavy atom. The molecule has 2 rings (SSSR count). The highest BCUT2D eigenvalue weighted by Crippen LogP contribution is 2.31. The number of carbonyl (C=O) groups excluding carboxylic acids is 2. The number of carbonyl (C=O) groups is 2. The summed E-state index contributed by atoms with van der Waals surface area (Å²) in [6, 6.07) is 16.3. The number of imide groups is 1. The predicted molar refractivity (Wildman–Crippen MR) is 88.8 cm³/mol. The molecule has 2 aromatic rings. The van der Waals surface area contributed by atoms with Gasteiger partial charge in [0.1, 0.15) is 5.75 Å². The van der Waals surface area contributed by atoms with Crippen LogP contribution in [0.4, 0.5) is 10.5 Å². The summed E-state index contributed by atoms with van der Waals surface area (Å²) in [5, 5.41) is 4.57. The lowest BCUT2D eigenvalue weighted by atomic mass is 10.2. The van der Waals surface area contributed by atoms with Crippen LogP contribution in [0.3, 0.4) is 0 Å². The Morgan fingerprint density at radius 2 is 1.70 bits per heavy atom. The van der Waals surface area contributed by atoms with Gasteiger partial charge < -0.3 is 15.0 Å². The summed E-state index contributed by atoms with van der Waals surface area (Å²) in [5.74, 6) is 0.943. The van der Waals surface area contributed by atoms with Crippen LogP contribution in [-0.2, 0) is 4.79 Å². The van der Waals surface area contributed by atoms with Crippen LogP contribution < -0.4 is 20.3 Å². The van der Waals surface area contributed by atoms with Crippen LogP contribution >= 0.6 is 0 Å². The molecule has 0 aliphatic carbocycles. The number of likely N-dealkylation sites (N-methyl/N-ethyl adjacent to an activating group) is 1. The summed E-state index contributed by atoms with van der Waals surface area (Å²) in [6.07, 6.45) is 0. The number of amides is 3. The van der Waals surface area contributed by atoms with Crippen molar-refractivity contribution in [1.29, 1.82) is 0 Å². The Kier molecular flexibility index (Phi) is 5.57. The van der Waals surface area contributed by atoms with E-state index in [0.29, 0.717) is 11.5 Å². The predicted octanol–water partition coefficient (Wildman–Crippen LogP) is 2.37. The third-order valence-corrected chi connectivity index (χ3v) is 3.11. The number of nitrogens with one attached hydrogen (secondary N) is 2. The highest BCUT2D eigenvalue weighted by atomic mass is 16.5. The number of nitrogens with zero attached hydrogens (tertiary/aromatic N) is 1. The number of urea groups is 1. The van der Waals surface area contributed by atoms with Crippen molar-refractivity contribution in [2.75, 3.05) is 25.5 Å². The number of anilines is 1. The first-order valence-corrected chi connectivity index (χ1v) is 7.15. The molecule has 0 heterocycles. The van der Waals surface area contributed by atoms with Crippen molar-refractivity contribution in [3.8, 4) is 11.5 Å². The molecule has 2 N–H and O–H groups in total. The number of hydrogen-bond acceptors (Lipinski definition) is 4. The van der Waals surface area contributed by atoms with E-state index in [9.17, 15) is 9.59 Å². The Balaban J connectivity index is 2.10. The first kappa shape index (κ1) is 16.4. The van der Waals surface area contributed by atoms with Gasteiger partial charge in [-0.2, -0.15) is 0 Å². The van der Waals surface area contributed by atoms with Crippen molar-refractivity contribution in [3.05, 3.63) is 54.6 Å². The molecular formula is C17H19N3O3. The van der Waals surface area contributed by atoms with E-state index >= 15 is 0 Å². The molecule has 0 fully saturated rings. The van der Waals surface area contributed by atoms with Crippen LogP contribution in [0.15, 0.2) is 54.6 Å². The number of hydrogen-bond donors (Lipinski definition) is 2. The van der Waals surface area contributed by atoms with E-state index in [1.807, 2.05) is 54.6 Å². The molecule has 0 bridgehead atoms. The third-order valence-electron chi connectivity index (χ3n) is 3.11. The number of rotatable bonds is 5. The minimum Gasteiger partial charge on any atom is -0.455 e. The van der Waals surface area contributed by atoms with Gasteiger partial charge >= 0.3 is 6.03 Å². The van der Waals surface area contributed by atoms with Crippen molar-refractivity contribution in [1.82, 2.24) is 10.6 Å². The zero-order chi connectivity index (χ0) is 16.7. The quantitative estimate of drug-likeness (QED) is 0.889. The van der Waals surface area contributed by atoms with Crippen LogP contribution in [0.1, 0.15) is 0 Å². The smallest absolute Gasteiger partial charge is 0.321 e. The number of para-hydroxylation sites is 3. The van der Waals surface area contributed by atoms with Crippen LogP contribution in [0.25, 0.3) is 0 Å². The highest BCUT2D eigenvalue weighted by Gasteiger charge is 2.13. The highest BCUT2D eigenvalue weighted by molar-refractivity contribution is 5.96. The third kappa shape index (κ3) is 4.74. The van der Waals surface area contributed by atoms with E-state index in [1.54, 1.807) is 11.9 Å². The lowest BCUT2D eigenvalue weighted by Gasteiger charge is -2.21.